The van der Waals surface area contributed by atoms with Crippen molar-refractivity contribution >= 4 is 29.3 Å². The summed E-state index contributed by atoms with van der Waals surface area (Å²) in [6.07, 6.45) is 3.89. The second-order valence-electron chi connectivity index (χ2n) is 6.78. The Morgan fingerprint density at radius 2 is 1.96 bits per heavy atom. The lowest BCUT2D eigenvalue weighted by molar-refractivity contribution is 0.0241. The van der Waals surface area contributed by atoms with Gasteiger partial charge in [-0.05, 0) is 50.4 Å². The summed E-state index contributed by atoms with van der Waals surface area (Å²) in [4.78, 5) is 13.5. The van der Waals surface area contributed by atoms with Crippen molar-refractivity contribution in [3.05, 3.63) is 27.7 Å². The molecule has 1 aliphatic carbocycles. The Labute approximate surface area is 158 Å². The van der Waals surface area contributed by atoms with E-state index in [-0.39, 0.29) is 6.10 Å². The van der Waals surface area contributed by atoms with Crippen LogP contribution in [0.4, 0.5) is 4.79 Å². The molecule has 0 spiro atoms. The molecule has 1 aliphatic heterocycles. The van der Waals surface area contributed by atoms with Crippen LogP contribution >= 0.6 is 23.2 Å². The number of amides is 1. The van der Waals surface area contributed by atoms with Gasteiger partial charge in [0.15, 0.2) is 0 Å². The van der Waals surface area contributed by atoms with Gasteiger partial charge in [0.2, 0.25) is 0 Å². The normalized spacial score (nSPS) is 23.2. The molecule has 0 unspecified atom stereocenters. The lowest BCUT2D eigenvalue weighted by atomic mass is 9.83. The average molecular weight is 387 g/mol. The van der Waals surface area contributed by atoms with Gasteiger partial charge in [0, 0.05) is 30.6 Å². The maximum Gasteiger partial charge on any atom is 0.406 e. The average Bonchev–Trinajstić information content (AvgIpc) is 3.06. The highest BCUT2D eigenvalue weighted by Crippen LogP contribution is 2.37. The number of nitrogens with zero attached hydrogens (tertiary/aromatic N) is 1. The Morgan fingerprint density at radius 1 is 1.24 bits per heavy atom. The summed E-state index contributed by atoms with van der Waals surface area (Å²) in [6.45, 7) is 3.49. The van der Waals surface area contributed by atoms with Crippen LogP contribution in [0.15, 0.2) is 12.1 Å². The third-order valence-corrected chi connectivity index (χ3v) is 5.48. The number of carbonyl (C=O) groups is 1. The number of rotatable bonds is 6. The molecule has 1 aromatic carbocycles. The van der Waals surface area contributed by atoms with Gasteiger partial charge in [0.05, 0.1) is 17.7 Å². The number of hydrogen-bond donors (Lipinski definition) is 1. The van der Waals surface area contributed by atoms with Gasteiger partial charge >= 0.3 is 6.09 Å². The molecule has 1 amide bonds. The van der Waals surface area contributed by atoms with E-state index in [4.69, 9.17) is 32.7 Å². The van der Waals surface area contributed by atoms with E-state index in [1.165, 1.54) is 12.8 Å². The SMILES string of the molecule is CNC(=O)OCC1CC(Oc2cc(Cl)c(CN3CCCC3)cc2Cl)C1. The number of benzene rings is 1. The minimum absolute atomic E-state index is 0.0938. The summed E-state index contributed by atoms with van der Waals surface area (Å²) in [6, 6.07) is 3.74. The molecule has 1 aromatic rings. The van der Waals surface area contributed by atoms with Crippen molar-refractivity contribution in [2.24, 2.45) is 5.92 Å². The molecule has 1 N–H and O–H groups in total. The van der Waals surface area contributed by atoms with E-state index in [0.717, 1.165) is 38.0 Å². The molecule has 0 radical (unpaired) electrons. The van der Waals surface area contributed by atoms with Crippen LogP contribution in [0.2, 0.25) is 10.0 Å². The fourth-order valence-corrected chi connectivity index (χ4v) is 3.76. The van der Waals surface area contributed by atoms with Crippen molar-refractivity contribution in [2.75, 3.05) is 26.7 Å². The van der Waals surface area contributed by atoms with Crippen molar-refractivity contribution in [3.63, 3.8) is 0 Å². The first kappa shape index (κ1) is 18.6. The van der Waals surface area contributed by atoms with Crippen molar-refractivity contribution in [3.8, 4) is 5.75 Å². The second kappa shape index (κ2) is 8.47. The summed E-state index contributed by atoms with van der Waals surface area (Å²) >= 11 is 12.8. The first-order chi connectivity index (χ1) is 12.0. The van der Waals surface area contributed by atoms with Crippen LogP contribution in [-0.2, 0) is 11.3 Å². The van der Waals surface area contributed by atoms with E-state index in [9.17, 15) is 4.79 Å². The molecular weight excluding hydrogens is 363 g/mol. The number of carbonyl (C=O) groups excluding carboxylic acids is 1. The molecule has 1 heterocycles. The number of halogens is 2. The van der Waals surface area contributed by atoms with Crippen LogP contribution in [0.25, 0.3) is 0 Å². The number of alkyl carbamates (subject to hydrolysis) is 1. The van der Waals surface area contributed by atoms with Crippen LogP contribution in [0, 0.1) is 5.92 Å². The maximum atomic E-state index is 11.1. The highest BCUT2D eigenvalue weighted by molar-refractivity contribution is 6.34. The van der Waals surface area contributed by atoms with Gasteiger partial charge in [-0.15, -0.1) is 0 Å². The lowest BCUT2D eigenvalue weighted by Gasteiger charge is -2.35. The third-order valence-electron chi connectivity index (χ3n) is 4.83. The van der Waals surface area contributed by atoms with Gasteiger partial charge in [-0.25, -0.2) is 4.79 Å². The standard InChI is InChI=1S/C18H24Cl2N2O3/c1-21-18(23)24-11-12-6-14(7-12)25-17-9-15(19)13(8-16(17)20)10-22-4-2-3-5-22/h8-9,12,14H,2-7,10-11H2,1H3,(H,21,23). The molecule has 3 rings (SSSR count). The molecule has 1 saturated carbocycles. The fourth-order valence-electron chi connectivity index (χ4n) is 3.32. The largest absolute Gasteiger partial charge is 0.489 e. The minimum Gasteiger partial charge on any atom is -0.489 e. The van der Waals surface area contributed by atoms with E-state index in [2.05, 4.69) is 10.2 Å². The minimum atomic E-state index is -0.396. The van der Waals surface area contributed by atoms with Gasteiger partial charge < -0.3 is 14.8 Å². The molecule has 7 heteroatoms. The summed E-state index contributed by atoms with van der Waals surface area (Å²) in [5.41, 5.74) is 1.05. The van der Waals surface area contributed by atoms with Gasteiger partial charge in [-0.3, -0.25) is 4.90 Å². The molecule has 0 bridgehead atoms. The summed E-state index contributed by atoms with van der Waals surface area (Å²) in [7, 11) is 1.55. The Hall–Kier alpha value is -1.17. The van der Waals surface area contributed by atoms with Gasteiger partial charge in [-0.2, -0.15) is 0 Å². The zero-order valence-electron chi connectivity index (χ0n) is 14.4. The zero-order valence-corrected chi connectivity index (χ0v) is 15.9. The summed E-state index contributed by atoms with van der Waals surface area (Å²) < 4.78 is 11.0. The molecule has 2 aliphatic rings. The van der Waals surface area contributed by atoms with Crippen molar-refractivity contribution < 1.29 is 14.3 Å². The fraction of sp³-hybridized carbons (Fsp3) is 0.611. The van der Waals surface area contributed by atoms with Crippen LogP contribution in [0.3, 0.4) is 0 Å². The molecule has 0 aromatic heterocycles. The van der Waals surface area contributed by atoms with E-state index in [1.807, 2.05) is 12.1 Å². The second-order valence-corrected chi connectivity index (χ2v) is 7.60. The molecule has 138 valence electrons. The lowest BCUT2D eigenvalue weighted by Crippen LogP contribution is -2.37. The van der Waals surface area contributed by atoms with E-state index in [1.54, 1.807) is 7.05 Å². The number of hydrogen-bond acceptors (Lipinski definition) is 4. The Bertz CT molecular complexity index is 615. The monoisotopic (exact) mass is 386 g/mol. The Kier molecular flexibility index (Phi) is 6.31. The first-order valence-corrected chi connectivity index (χ1v) is 9.52. The topological polar surface area (TPSA) is 50.8 Å². The number of ether oxygens (including phenoxy) is 2. The number of nitrogens with one attached hydrogen (secondary N) is 1. The van der Waals surface area contributed by atoms with Crippen LogP contribution < -0.4 is 10.1 Å². The van der Waals surface area contributed by atoms with Crippen molar-refractivity contribution in [2.45, 2.75) is 38.3 Å². The van der Waals surface area contributed by atoms with Crippen LogP contribution in [0.5, 0.6) is 5.75 Å². The smallest absolute Gasteiger partial charge is 0.406 e. The van der Waals surface area contributed by atoms with Crippen LogP contribution in [0.1, 0.15) is 31.2 Å². The van der Waals surface area contributed by atoms with Gasteiger partial charge in [0.1, 0.15) is 5.75 Å². The summed E-state index contributed by atoms with van der Waals surface area (Å²) in [5.74, 6) is 0.971. The zero-order chi connectivity index (χ0) is 17.8. The van der Waals surface area contributed by atoms with E-state index < -0.39 is 6.09 Å². The maximum absolute atomic E-state index is 11.1. The predicted molar refractivity (Wildman–Crippen MR) is 98.5 cm³/mol. The quantitative estimate of drug-likeness (QED) is 0.799. The molecule has 2 fully saturated rings. The van der Waals surface area contributed by atoms with Gasteiger partial charge in [0.25, 0.3) is 0 Å². The van der Waals surface area contributed by atoms with E-state index >= 15 is 0 Å². The van der Waals surface area contributed by atoms with Crippen LogP contribution in [-0.4, -0.2) is 43.8 Å². The van der Waals surface area contributed by atoms with E-state index in [0.29, 0.717) is 28.3 Å². The Morgan fingerprint density at radius 3 is 2.64 bits per heavy atom. The highest BCUT2D eigenvalue weighted by Gasteiger charge is 2.32. The first-order valence-electron chi connectivity index (χ1n) is 8.76. The molecule has 0 atom stereocenters. The van der Waals surface area contributed by atoms with Gasteiger partial charge in [-0.1, -0.05) is 23.2 Å². The molecule has 1 saturated heterocycles. The Balaban J connectivity index is 1.50. The summed E-state index contributed by atoms with van der Waals surface area (Å²) in [5, 5.41) is 3.74. The molecular formula is C18H24Cl2N2O3. The molecule has 25 heavy (non-hydrogen) atoms. The highest BCUT2D eigenvalue weighted by atomic mass is 35.5. The number of likely N-dealkylation sites (tertiary alicyclic amines) is 1. The van der Waals surface area contributed by atoms with Crippen molar-refractivity contribution in [1.82, 2.24) is 10.2 Å². The third kappa shape index (κ3) is 4.93. The van der Waals surface area contributed by atoms with Crippen molar-refractivity contribution in [1.29, 1.82) is 0 Å². The molecule has 5 nitrogen and oxygen atoms in total. The predicted octanol–water partition coefficient (Wildman–Crippen LogP) is 4.10.